The fraction of sp³-hybridized carbons (Fsp3) is 0. The van der Waals surface area contributed by atoms with E-state index in [1.54, 1.807) is 23.5 Å². The second-order valence-corrected chi connectivity index (χ2v) is 5.37. The van der Waals surface area contributed by atoms with Crippen LogP contribution in [0.5, 0.6) is 0 Å². The average Bonchev–Trinajstić information content (AvgIpc) is 2.66. The first-order chi connectivity index (χ1) is 7.20. The molecule has 1 heterocycles. The molecule has 0 aliphatic rings. The maximum Gasteiger partial charge on any atom is 0.140 e. The minimum absolute atomic E-state index is 0.0806. The lowest BCUT2D eigenvalue weighted by Gasteiger charge is -1.98. The number of nitriles is 1. The second-order valence-electron chi connectivity index (χ2n) is 2.91. The molecule has 0 atom stereocenters. The van der Waals surface area contributed by atoms with E-state index in [9.17, 15) is 4.39 Å². The van der Waals surface area contributed by atoms with Crippen LogP contribution in [-0.4, -0.2) is 0 Å². The third kappa shape index (κ3) is 2.09. The summed E-state index contributed by atoms with van der Waals surface area (Å²) in [5.74, 6) is -0.475. The lowest BCUT2D eigenvalue weighted by Crippen LogP contribution is -1.83. The lowest BCUT2D eigenvalue weighted by molar-refractivity contribution is 0.624. The van der Waals surface area contributed by atoms with Gasteiger partial charge in [0.05, 0.1) is 9.35 Å². The number of thiophene rings is 1. The van der Waals surface area contributed by atoms with Crippen molar-refractivity contribution in [3.8, 4) is 16.5 Å². The van der Waals surface area contributed by atoms with Gasteiger partial charge < -0.3 is 0 Å². The van der Waals surface area contributed by atoms with Crippen LogP contribution in [0.3, 0.4) is 0 Å². The Morgan fingerprint density at radius 2 is 2.07 bits per heavy atom. The van der Waals surface area contributed by atoms with E-state index in [0.717, 1.165) is 14.2 Å². The van der Waals surface area contributed by atoms with Crippen molar-refractivity contribution in [2.75, 3.05) is 0 Å². The zero-order valence-electron chi connectivity index (χ0n) is 7.50. The molecule has 74 valence electrons. The van der Waals surface area contributed by atoms with E-state index >= 15 is 0 Å². The van der Waals surface area contributed by atoms with Crippen molar-refractivity contribution < 1.29 is 4.39 Å². The van der Waals surface area contributed by atoms with Crippen LogP contribution in [0.15, 0.2) is 34.1 Å². The quantitative estimate of drug-likeness (QED) is 0.769. The van der Waals surface area contributed by atoms with Crippen LogP contribution in [0.25, 0.3) is 10.4 Å². The first-order valence-corrected chi connectivity index (χ1v) is 5.77. The minimum Gasteiger partial charge on any atom is -0.206 e. The Bertz CT molecular complexity index is 542. The van der Waals surface area contributed by atoms with Crippen molar-refractivity contribution in [2.45, 2.75) is 0 Å². The van der Waals surface area contributed by atoms with E-state index in [4.69, 9.17) is 5.26 Å². The molecule has 0 N–H and O–H groups in total. The van der Waals surface area contributed by atoms with Crippen LogP contribution in [0, 0.1) is 17.1 Å². The molecule has 1 aromatic heterocycles. The van der Waals surface area contributed by atoms with Gasteiger partial charge in [-0.15, -0.1) is 11.3 Å². The Morgan fingerprint density at radius 3 is 2.67 bits per heavy atom. The number of benzene rings is 1. The summed E-state index contributed by atoms with van der Waals surface area (Å²) in [6, 6.07) is 10.2. The molecule has 0 radical (unpaired) electrons. The minimum atomic E-state index is -0.475. The number of halogens is 2. The van der Waals surface area contributed by atoms with Crippen LogP contribution in [0.4, 0.5) is 4.39 Å². The van der Waals surface area contributed by atoms with Crippen LogP contribution < -0.4 is 0 Å². The van der Waals surface area contributed by atoms with Gasteiger partial charge in [0.2, 0.25) is 0 Å². The molecule has 0 spiro atoms. The highest BCUT2D eigenvalue weighted by Crippen LogP contribution is 2.31. The van der Waals surface area contributed by atoms with Gasteiger partial charge in [0.1, 0.15) is 11.9 Å². The molecule has 1 aromatic carbocycles. The number of hydrogen-bond acceptors (Lipinski definition) is 2. The van der Waals surface area contributed by atoms with Gasteiger partial charge in [-0.1, -0.05) is 6.07 Å². The van der Waals surface area contributed by atoms with Gasteiger partial charge in [-0.25, -0.2) is 4.39 Å². The van der Waals surface area contributed by atoms with Crippen molar-refractivity contribution in [3.63, 3.8) is 0 Å². The van der Waals surface area contributed by atoms with E-state index < -0.39 is 5.82 Å². The fourth-order valence-electron chi connectivity index (χ4n) is 1.23. The van der Waals surface area contributed by atoms with E-state index in [0.29, 0.717) is 0 Å². The van der Waals surface area contributed by atoms with Gasteiger partial charge >= 0.3 is 0 Å². The van der Waals surface area contributed by atoms with Crippen molar-refractivity contribution >= 4 is 27.3 Å². The van der Waals surface area contributed by atoms with Crippen molar-refractivity contribution in [1.82, 2.24) is 0 Å². The predicted octanol–water partition coefficient (Wildman–Crippen LogP) is 4.19. The molecule has 0 aliphatic carbocycles. The van der Waals surface area contributed by atoms with Gasteiger partial charge in [0, 0.05) is 4.88 Å². The molecule has 0 amide bonds. The largest absolute Gasteiger partial charge is 0.206 e. The molecule has 0 saturated heterocycles. The van der Waals surface area contributed by atoms with Crippen LogP contribution in [-0.2, 0) is 0 Å². The third-order valence-corrected chi connectivity index (χ3v) is 3.62. The monoisotopic (exact) mass is 281 g/mol. The standard InChI is InChI=1S/C11H5BrFNS/c12-11-4-3-10(15-11)7-1-2-9(13)8(5-7)6-14/h1-5H. The maximum absolute atomic E-state index is 13.1. The second kappa shape index (κ2) is 4.13. The predicted molar refractivity (Wildman–Crippen MR) is 62.1 cm³/mol. The molecule has 2 rings (SSSR count). The summed E-state index contributed by atoms with van der Waals surface area (Å²) in [4.78, 5) is 1.01. The van der Waals surface area contributed by atoms with E-state index in [1.165, 1.54) is 6.07 Å². The topological polar surface area (TPSA) is 23.8 Å². The maximum atomic E-state index is 13.1. The van der Waals surface area contributed by atoms with Gasteiger partial charge in [0.25, 0.3) is 0 Å². The zero-order chi connectivity index (χ0) is 10.8. The normalized spacial score (nSPS) is 9.93. The van der Waals surface area contributed by atoms with Gasteiger partial charge in [-0.2, -0.15) is 5.26 Å². The van der Waals surface area contributed by atoms with E-state index in [-0.39, 0.29) is 5.56 Å². The molecule has 0 aliphatic heterocycles. The Balaban J connectivity index is 2.51. The fourth-order valence-corrected chi connectivity index (χ4v) is 2.62. The Hall–Kier alpha value is -1.18. The molecular formula is C11H5BrFNS. The molecule has 0 unspecified atom stereocenters. The highest BCUT2D eigenvalue weighted by atomic mass is 79.9. The van der Waals surface area contributed by atoms with Gasteiger partial charge in [0.15, 0.2) is 0 Å². The van der Waals surface area contributed by atoms with Gasteiger partial charge in [-0.05, 0) is 45.8 Å². The summed E-state index contributed by atoms with van der Waals surface area (Å²) in [6.07, 6.45) is 0. The highest BCUT2D eigenvalue weighted by Gasteiger charge is 2.06. The molecule has 0 bridgehead atoms. The molecule has 0 fully saturated rings. The Labute approximate surface area is 98.9 Å². The van der Waals surface area contributed by atoms with Crippen molar-refractivity contribution in [2.24, 2.45) is 0 Å². The highest BCUT2D eigenvalue weighted by molar-refractivity contribution is 9.11. The van der Waals surface area contributed by atoms with E-state index in [1.807, 2.05) is 18.2 Å². The lowest BCUT2D eigenvalue weighted by atomic mass is 10.1. The van der Waals surface area contributed by atoms with Crippen LogP contribution >= 0.6 is 27.3 Å². The Kier molecular flexibility index (Phi) is 2.85. The summed E-state index contributed by atoms with van der Waals surface area (Å²) >= 11 is 4.91. The van der Waals surface area contributed by atoms with Crippen LogP contribution in [0.2, 0.25) is 0 Å². The molecular weight excluding hydrogens is 277 g/mol. The first-order valence-electron chi connectivity index (χ1n) is 4.16. The molecule has 15 heavy (non-hydrogen) atoms. The first kappa shape index (κ1) is 10.3. The zero-order valence-corrected chi connectivity index (χ0v) is 9.90. The van der Waals surface area contributed by atoms with Crippen molar-refractivity contribution in [1.29, 1.82) is 5.26 Å². The summed E-state index contributed by atoms with van der Waals surface area (Å²) in [5.41, 5.74) is 0.945. The Morgan fingerprint density at radius 1 is 1.27 bits per heavy atom. The summed E-state index contributed by atoms with van der Waals surface area (Å²) in [6.45, 7) is 0. The summed E-state index contributed by atoms with van der Waals surface area (Å²) in [7, 11) is 0. The van der Waals surface area contributed by atoms with E-state index in [2.05, 4.69) is 15.9 Å². The number of nitrogens with zero attached hydrogens (tertiary/aromatic N) is 1. The van der Waals surface area contributed by atoms with Gasteiger partial charge in [-0.3, -0.25) is 0 Å². The molecule has 4 heteroatoms. The average molecular weight is 282 g/mol. The van der Waals surface area contributed by atoms with Crippen molar-refractivity contribution in [3.05, 3.63) is 45.5 Å². The molecule has 2 aromatic rings. The molecule has 1 nitrogen and oxygen atoms in total. The summed E-state index contributed by atoms with van der Waals surface area (Å²) in [5, 5.41) is 8.70. The molecule has 0 saturated carbocycles. The summed E-state index contributed by atoms with van der Waals surface area (Å²) < 4.78 is 14.1. The number of hydrogen-bond donors (Lipinski definition) is 0. The number of rotatable bonds is 1. The smallest absolute Gasteiger partial charge is 0.140 e. The third-order valence-electron chi connectivity index (χ3n) is 1.94. The SMILES string of the molecule is N#Cc1cc(-c2ccc(Br)s2)ccc1F. The van der Waals surface area contributed by atoms with Crippen LogP contribution in [0.1, 0.15) is 5.56 Å².